The van der Waals surface area contributed by atoms with Crippen LogP contribution in [0.3, 0.4) is 0 Å². The van der Waals surface area contributed by atoms with E-state index in [1.54, 1.807) is 6.20 Å². The number of ether oxygens (including phenoxy) is 1. The van der Waals surface area contributed by atoms with Gasteiger partial charge in [0, 0.05) is 55.9 Å². The first-order valence-electron chi connectivity index (χ1n) is 12.3. The number of likely N-dealkylation sites (tertiary alicyclic amines) is 1. The Labute approximate surface area is 203 Å². The van der Waals surface area contributed by atoms with Gasteiger partial charge in [0.05, 0.1) is 5.56 Å². The van der Waals surface area contributed by atoms with Crippen LogP contribution in [0.25, 0.3) is 22.4 Å². The third kappa shape index (κ3) is 4.16. The molecular formula is C26H29N7O2. The number of nitrogens with two attached hydrogens (primary N) is 1. The molecule has 4 N–H and O–H groups in total. The van der Waals surface area contributed by atoms with Gasteiger partial charge in [-0.05, 0) is 55.4 Å². The van der Waals surface area contributed by atoms with E-state index in [0.717, 1.165) is 61.4 Å². The number of anilines is 1. The first-order valence-corrected chi connectivity index (χ1v) is 12.3. The van der Waals surface area contributed by atoms with Gasteiger partial charge >= 0.3 is 0 Å². The lowest BCUT2D eigenvalue weighted by molar-refractivity contribution is 0.0714. The first-order chi connectivity index (χ1) is 17.2. The molecule has 0 aliphatic carbocycles. The minimum Gasteiger partial charge on any atom is -0.399 e. The zero-order valence-corrected chi connectivity index (χ0v) is 19.5. The number of fused-ring (bicyclic) bond motifs is 1. The predicted octanol–water partition coefficient (Wildman–Crippen LogP) is 3.84. The topological polar surface area (TPSA) is 126 Å². The summed E-state index contributed by atoms with van der Waals surface area (Å²) in [5.41, 5.74) is 11.7. The molecule has 2 fully saturated rings. The Hall–Kier alpha value is -3.72. The second kappa shape index (κ2) is 9.14. The van der Waals surface area contributed by atoms with Crippen molar-refractivity contribution in [3.05, 3.63) is 59.7 Å². The number of benzene rings is 1. The van der Waals surface area contributed by atoms with Crippen molar-refractivity contribution >= 4 is 22.8 Å². The molecule has 0 unspecified atom stereocenters. The highest BCUT2D eigenvalue weighted by molar-refractivity contribution is 6.00. The predicted molar refractivity (Wildman–Crippen MR) is 133 cm³/mol. The number of imidazole rings is 1. The fourth-order valence-electron chi connectivity index (χ4n) is 5.36. The molecule has 2 aliphatic heterocycles. The van der Waals surface area contributed by atoms with Crippen molar-refractivity contribution in [3.8, 4) is 11.3 Å². The fraction of sp³-hybridized carbons (Fsp3) is 0.385. The van der Waals surface area contributed by atoms with Gasteiger partial charge in [0.25, 0.3) is 5.91 Å². The number of rotatable bonds is 4. The Morgan fingerprint density at radius 2 is 1.91 bits per heavy atom. The van der Waals surface area contributed by atoms with Crippen molar-refractivity contribution in [2.75, 3.05) is 32.0 Å². The fourth-order valence-corrected chi connectivity index (χ4v) is 5.36. The summed E-state index contributed by atoms with van der Waals surface area (Å²) in [7, 11) is 0. The van der Waals surface area contributed by atoms with Gasteiger partial charge in [-0.3, -0.25) is 9.89 Å². The number of carbonyl (C=O) groups is 1. The quantitative estimate of drug-likeness (QED) is 0.388. The van der Waals surface area contributed by atoms with Crippen molar-refractivity contribution in [1.29, 1.82) is 0 Å². The summed E-state index contributed by atoms with van der Waals surface area (Å²) >= 11 is 0. The number of hydrogen-bond donors (Lipinski definition) is 3. The van der Waals surface area contributed by atoms with Crippen LogP contribution in [-0.4, -0.2) is 62.3 Å². The highest BCUT2D eigenvalue weighted by Crippen LogP contribution is 2.34. The summed E-state index contributed by atoms with van der Waals surface area (Å²) in [6.45, 7) is 2.94. The van der Waals surface area contributed by atoms with Crippen LogP contribution in [0.4, 0.5) is 5.69 Å². The summed E-state index contributed by atoms with van der Waals surface area (Å²) in [5, 5.41) is 7.18. The Kier molecular flexibility index (Phi) is 5.69. The number of carbonyl (C=O) groups excluding carboxylic acids is 1. The summed E-state index contributed by atoms with van der Waals surface area (Å²) in [5.74, 6) is 1.75. The lowest BCUT2D eigenvalue weighted by Gasteiger charge is -2.32. The molecule has 9 heteroatoms. The number of nitrogens with one attached hydrogen (secondary N) is 2. The van der Waals surface area contributed by atoms with Crippen molar-refractivity contribution in [1.82, 2.24) is 30.0 Å². The molecule has 0 bridgehead atoms. The van der Waals surface area contributed by atoms with E-state index in [2.05, 4.69) is 26.2 Å². The van der Waals surface area contributed by atoms with Gasteiger partial charge in [-0.25, -0.2) is 9.97 Å². The number of nitrogen functional groups attached to an aromatic ring is 1. The maximum atomic E-state index is 13.4. The smallest absolute Gasteiger partial charge is 0.257 e. The van der Waals surface area contributed by atoms with Crippen LogP contribution in [0.15, 0.2) is 42.7 Å². The van der Waals surface area contributed by atoms with E-state index < -0.39 is 0 Å². The monoisotopic (exact) mass is 471 g/mol. The third-order valence-corrected chi connectivity index (χ3v) is 7.30. The Bertz CT molecular complexity index is 1350. The molecule has 35 heavy (non-hydrogen) atoms. The zero-order chi connectivity index (χ0) is 23.8. The van der Waals surface area contributed by atoms with E-state index in [-0.39, 0.29) is 5.91 Å². The second-order valence-electron chi connectivity index (χ2n) is 9.45. The van der Waals surface area contributed by atoms with E-state index in [9.17, 15) is 4.79 Å². The molecule has 6 rings (SSSR count). The van der Waals surface area contributed by atoms with Crippen molar-refractivity contribution < 1.29 is 9.53 Å². The minimum absolute atomic E-state index is 0.00364. The Morgan fingerprint density at radius 1 is 1.09 bits per heavy atom. The highest BCUT2D eigenvalue weighted by atomic mass is 16.5. The number of piperidine rings is 1. The molecule has 0 saturated carbocycles. The minimum atomic E-state index is -0.00364. The van der Waals surface area contributed by atoms with Gasteiger partial charge in [0.15, 0.2) is 5.65 Å². The van der Waals surface area contributed by atoms with Gasteiger partial charge in [-0.15, -0.1) is 0 Å². The van der Waals surface area contributed by atoms with Crippen LogP contribution in [-0.2, 0) is 4.74 Å². The lowest BCUT2D eigenvalue weighted by atomic mass is 9.89. The third-order valence-electron chi connectivity index (χ3n) is 7.30. The van der Waals surface area contributed by atoms with Crippen LogP contribution < -0.4 is 5.73 Å². The largest absolute Gasteiger partial charge is 0.399 e. The molecule has 0 radical (unpaired) electrons. The van der Waals surface area contributed by atoms with E-state index in [0.29, 0.717) is 41.9 Å². The molecule has 3 aromatic heterocycles. The van der Waals surface area contributed by atoms with Gasteiger partial charge in [-0.1, -0.05) is 12.1 Å². The van der Waals surface area contributed by atoms with E-state index in [1.165, 1.54) is 5.56 Å². The van der Waals surface area contributed by atoms with Crippen LogP contribution in [0.2, 0.25) is 0 Å². The second-order valence-corrected chi connectivity index (χ2v) is 9.45. The molecule has 2 saturated heterocycles. The number of amides is 1. The number of aromatic amines is 2. The van der Waals surface area contributed by atoms with Crippen LogP contribution >= 0.6 is 0 Å². The number of aromatic nitrogens is 5. The molecular weight excluding hydrogens is 442 g/mol. The maximum Gasteiger partial charge on any atom is 0.257 e. The van der Waals surface area contributed by atoms with Gasteiger partial charge in [0.2, 0.25) is 0 Å². The average molecular weight is 472 g/mol. The van der Waals surface area contributed by atoms with Crippen molar-refractivity contribution in [2.24, 2.45) is 0 Å². The average Bonchev–Trinajstić information content (AvgIpc) is 3.57. The van der Waals surface area contributed by atoms with Crippen LogP contribution in [0.1, 0.15) is 59.3 Å². The number of pyridine rings is 1. The molecule has 5 heterocycles. The normalized spacial score (nSPS) is 17.8. The summed E-state index contributed by atoms with van der Waals surface area (Å²) in [4.78, 5) is 28.3. The highest BCUT2D eigenvalue weighted by Gasteiger charge is 2.29. The van der Waals surface area contributed by atoms with E-state index in [4.69, 9.17) is 15.5 Å². The Balaban J connectivity index is 1.18. The van der Waals surface area contributed by atoms with Crippen molar-refractivity contribution in [3.63, 3.8) is 0 Å². The number of hydrogen-bond acceptors (Lipinski definition) is 6. The van der Waals surface area contributed by atoms with Gasteiger partial charge in [-0.2, -0.15) is 5.10 Å². The zero-order valence-electron chi connectivity index (χ0n) is 19.5. The van der Waals surface area contributed by atoms with E-state index in [1.807, 2.05) is 35.4 Å². The molecule has 9 nitrogen and oxygen atoms in total. The van der Waals surface area contributed by atoms with Crippen LogP contribution in [0, 0.1) is 0 Å². The lowest BCUT2D eigenvalue weighted by Crippen LogP contribution is -2.38. The summed E-state index contributed by atoms with van der Waals surface area (Å²) in [6, 6.07) is 9.55. The van der Waals surface area contributed by atoms with Gasteiger partial charge < -0.3 is 20.4 Å². The molecule has 2 aliphatic rings. The molecule has 4 aromatic rings. The summed E-state index contributed by atoms with van der Waals surface area (Å²) in [6.07, 6.45) is 7.29. The number of nitrogens with zero attached hydrogens (tertiary/aromatic N) is 4. The first kappa shape index (κ1) is 21.8. The van der Waals surface area contributed by atoms with Gasteiger partial charge in [0.1, 0.15) is 17.0 Å². The molecule has 0 spiro atoms. The molecule has 0 atom stereocenters. The van der Waals surface area contributed by atoms with Crippen LogP contribution in [0.5, 0.6) is 0 Å². The Morgan fingerprint density at radius 3 is 2.71 bits per heavy atom. The SMILES string of the molecule is Nc1cccc(-c2n[nH]cc2C(=O)N2CCC(c3ccnc4[nH]c(C5CCOCC5)nc34)CC2)c1. The molecule has 180 valence electrons. The summed E-state index contributed by atoms with van der Waals surface area (Å²) < 4.78 is 5.51. The molecule has 1 aromatic carbocycles. The van der Waals surface area contributed by atoms with Crippen molar-refractivity contribution in [2.45, 2.75) is 37.5 Å². The standard InChI is InChI=1S/C26H29N7O2/c27-19-3-1-2-18(14-19)22-21(15-29-32-22)26(34)33-10-5-16(6-11-33)20-4-9-28-25-23(20)30-24(31-25)17-7-12-35-13-8-17/h1-4,9,14-17H,5-8,10-13,27H2,(H,29,32)(H,28,30,31). The number of H-pyrrole nitrogens is 2. The molecule has 1 amide bonds. The maximum absolute atomic E-state index is 13.4. The van der Waals surface area contributed by atoms with E-state index >= 15 is 0 Å².